The number of carbonyl (C=O) groups is 2. The molecule has 0 radical (unpaired) electrons. The Labute approximate surface area is 128 Å². The molecular weight excluding hydrogens is 276 g/mol. The lowest BCUT2D eigenvalue weighted by Crippen LogP contribution is -2.44. The normalized spacial score (nSPS) is 20.9. The molecule has 1 aliphatic rings. The molecule has 4 heteroatoms. The van der Waals surface area contributed by atoms with Gasteiger partial charge in [0.25, 0.3) is 0 Å². The van der Waals surface area contributed by atoms with Gasteiger partial charge < -0.3 is 11.1 Å². The summed E-state index contributed by atoms with van der Waals surface area (Å²) in [5.41, 5.74) is 7.89. The van der Waals surface area contributed by atoms with Crippen molar-refractivity contribution in [3.05, 3.63) is 77.9 Å². The summed E-state index contributed by atoms with van der Waals surface area (Å²) in [7, 11) is 0. The van der Waals surface area contributed by atoms with Gasteiger partial charge in [0.05, 0.1) is 6.04 Å². The van der Waals surface area contributed by atoms with Gasteiger partial charge in [-0.15, -0.1) is 0 Å². The van der Waals surface area contributed by atoms with Crippen LogP contribution in [0.5, 0.6) is 0 Å². The van der Waals surface area contributed by atoms with Crippen LogP contribution in [-0.2, 0) is 9.59 Å². The number of carbonyl (C=O) groups excluding carboxylic acids is 2. The fourth-order valence-electron chi connectivity index (χ4n) is 2.71. The fraction of sp³-hybridized carbons (Fsp3) is 0.111. The molecule has 0 fully saturated rings. The molecule has 0 aromatic heterocycles. The maximum Gasteiger partial charge on any atom is 0.237 e. The molecule has 2 aromatic rings. The van der Waals surface area contributed by atoms with Gasteiger partial charge in [0.1, 0.15) is 5.92 Å². The Morgan fingerprint density at radius 3 is 2.14 bits per heavy atom. The van der Waals surface area contributed by atoms with E-state index in [4.69, 9.17) is 5.73 Å². The zero-order valence-corrected chi connectivity index (χ0v) is 11.9. The molecule has 3 rings (SSSR count). The zero-order chi connectivity index (χ0) is 15.5. The van der Waals surface area contributed by atoms with E-state index in [0.717, 1.165) is 11.1 Å². The average Bonchev–Trinajstić information content (AvgIpc) is 2.55. The Balaban J connectivity index is 2.08. The highest BCUT2D eigenvalue weighted by Gasteiger charge is 2.35. The van der Waals surface area contributed by atoms with E-state index in [1.54, 1.807) is 0 Å². The summed E-state index contributed by atoms with van der Waals surface area (Å²) in [4.78, 5) is 24.1. The van der Waals surface area contributed by atoms with Gasteiger partial charge >= 0.3 is 0 Å². The van der Waals surface area contributed by atoms with Crippen LogP contribution in [0.15, 0.2) is 66.7 Å². The van der Waals surface area contributed by atoms with E-state index in [0.29, 0.717) is 5.57 Å². The molecule has 2 atom stereocenters. The molecule has 2 aromatic carbocycles. The Kier molecular flexibility index (Phi) is 3.74. The van der Waals surface area contributed by atoms with Gasteiger partial charge in [-0.25, -0.2) is 0 Å². The first-order chi connectivity index (χ1) is 10.7. The van der Waals surface area contributed by atoms with E-state index in [9.17, 15) is 9.59 Å². The summed E-state index contributed by atoms with van der Waals surface area (Å²) in [6, 6.07) is 18.8. The number of rotatable bonds is 3. The largest absolute Gasteiger partial charge is 0.369 e. The van der Waals surface area contributed by atoms with Gasteiger partial charge in [-0.1, -0.05) is 66.7 Å². The van der Waals surface area contributed by atoms with Crippen molar-refractivity contribution < 1.29 is 9.59 Å². The standard InChI is InChI=1S/C18H16N2O2/c19-17(21)16-14(12-7-3-1-4-8-12)11-15(20-18(16)22)13-9-5-2-6-10-13/h1-11,15-16H,(H2,19,21)(H,20,22). The molecule has 22 heavy (non-hydrogen) atoms. The average molecular weight is 292 g/mol. The van der Waals surface area contributed by atoms with Crippen molar-refractivity contribution >= 4 is 17.4 Å². The smallest absolute Gasteiger partial charge is 0.237 e. The van der Waals surface area contributed by atoms with Crippen molar-refractivity contribution in [3.8, 4) is 0 Å². The number of hydrogen-bond acceptors (Lipinski definition) is 2. The van der Waals surface area contributed by atoms with Crippen LogP contribution in [0, 0.1) is 5.92 Å². The van der Waals surface area contributed by atoms with Crippen LogP contribution in [0.3, 0.4) is 0 Å². The van der Waals surface area contributed by atoms with Gasteiger partial charge in [-0.05, 0) is 16.7 Å². The fourth-order valence-corrected chi connectivity index (χ4v) is 2.71. The van der Waals surface area contributed by atoms with Crippen molar-refractivity contribution in [1.29, 1.82) is 0 Å². The summed E-state index contributed by atoms with van der Waals surface area (Å²) >= 11 is 0. The first-order valence-electron chi connectivity index (χ1n) is 7.08. The SMILES string of the molecule is NC(=O)C1C(=O)NC(c2ccccc2)C=C1c1ccccc1. The van der Waals surface area contributed by atoms with Gasteiger partial charge in [-0.3, -0.25) is 9.59 Å². The number of primary amides is 1. The van der Waals surface area contributed by atoms with E-state index in [2.05, 4.69) is 5.32 Å². The maximum atomic E-state index is 12.4. The first-order valence-corrected chi connectivity index (χ1v) is 7.08. The van der Waals surface area contributed by atoms with Gasteiger partial charge in [-0.2, -0.15) is 0 Å². The van der Waals surface area contributed by atoms with Crippen molar-refractivity contribution in [2.24, 2.45) is 11.7 Å². The summed E-state index contributed by atoms with van der Waals surface area (Å²) in [6.45, 7) is 0. The molecule has 1 aliphatic heterocycles. The third kappa shape index (κ3) is 2.63. The molecule has 2 unspecified atom stereocenters. The second-order valence-electron chi connectivity index (χ2n) is 5.22. The van der Waals surface area contributed by atoms with Crippen molar-refractivity contribution in [2.75, 3.05) is 0 Å². The Morgan fingerprint density at radius 2 is 1.55 bits per heavy atom. The molecule has 0 aliphatic carbocycles. The number of nitrogens with two attached hydrogens (primary N) is 1. The Morgan fingerprint density at radius 1 is 0.955 bits per heavy atom. The van der Waals surface area contributed by atoms with Crippen LogP contribution in [0.25, 0.3) is 5.57 Å². The van der Waals surface area contributed by atoms with Crippen LogP contribution in [-0.4, -0.2) is 11.8 Å². The lowest BCUT2D eigenvalue weighted by Gasteiger charge is -2.28. The third-order valence-electron chi connectivity index (χ3n) is 3.77. The molecule has 0 spiro atoms. The van der Waals surface area contributed by atoms with Crippen LogP contribution in [0.1, 0.15) is 17.2 Å². The van der Waals surface area contributed by atoms with E-state index in [1.165, 1.54) is 0 Å². The number of hydrogen-bond donors (Lipinski definition) is 2. The molecule has 2 amide bonds. The zero-order valence-electron chi connectivity index (χ0n) is 11.9. The minimum Gasteiger partial charge on any atom is -0.369 e. The van der Waals surface area contributed by atoms with E-state index in [1.807, 2.05) is 66.7 Å². The van der Waals surface area contributed by atoms with Crippen molar-refractivity contribution in [2.45, 2.75) is 6.04 Å². The van der Waals surface area contributed by atoms with Gasteiger partial charge in [0, 0.05) is 0 Å². The van der Waals surface area contributed by atoms with Crippen LogP contribution in [0.2, 0.25) is 0 Å². The molecule has 1 heterocycles. The van der Waals surface area contributed by atoms with Crippen molar-refractivity contribution in [1.82, 2.24) is 5.32 Å². The lowest BCUT2D eigenvalue weighted by molar-refractivity contribution is -0.131. The molecule has 0 saturated carbocycles. The second-order valence-corrected chi connectivity index (χ2v) is 5.22. The Hall–Kier alpha value is -2.88. The quantitative estimate of drug-likeness (QED) is 0.850. The predicted octanol–water partition coefficient (Wildman–Crippen LogP) is 2.04. The number of amides is 2. The first kappa shape index (κ1) is 14.1. The van der Waals surface area contributed by atoms with Crippen LogP contribution < -0.4 is 11.1 Å². The highest BCUT2D eigenvalue weighted by Crippen LogP contribution is 2.32. The minimum absolute atomic E-state index is 0.264. The molecule has 4 nitrogen and oxygen atoms in total. The maximum absolute atomic E-state index is 12.4. The van der Waals surface area contributed by atoms with Crippen LogP contribution in [0.4, 0.5) is 0 Å². The van der Waals surface area contributed by atoms with E-state index < -0.39 is 11.8 Å². The van der Waals surface area contributed by atoms with Crippen molar-refractivity contribution in [3.63, 3.8) is 0 Å². The molecule has 3 N–H and O–H groups in total. The highest BCUT2D eigenvalue weighted by atomic mass is 16.2. The third-order valence-corrected chi connectivity index (χ3v) is 3.77. The molecular formula is C18H16N2O2. The summed E-state index contributed by atoms with van der Waals surface area (Å²) in [6.07, 6.45) is 1.90. The summed E-state index contributed by atoms with van der Waals surface area (Å²) in [5.74, 6) is -1.95. The molecule has 0 bridgehead atoms. The summed E-state index contributed by atoms with van der Waals surface area (Å²) < 4.78 is 0. The predicted molar refractivity (Wildman–Crippen MR) is 84.4 cm³/mol. The number of benzene rings is 2. The van der Waals surface area contributed by atoms with Gasteiger partial charge in [0.2, 0.25) is 11.8 Å². The lowest BCUT2D eigenvalue weighted by atomic mass is 9.85. The Bertz CT molecular complexity index is 723. The monoisotopic (exact) mass is 292 g/mol. The van der Waals surface area contributed by atoms with Crippen LogP contribution >= 0.6 is 0 Å². The van der Waals surface area contributed by atoms with E-state index in [-0.39, 0.29) is 11.9 Å². The second kappa shape index (κ2) is 5.85. The number of nitrogens with one attached hydrogen (secondary N) is 1. The van der Waals surface area contributed by atoms with E-state index >= 15 is 0 Å². The van der Waals surface area contributed by atoms with Gasteiger partial charge in [0.15, 0.2) is 0 Å². The summed E-state index contributed by atoms with van der Waals surface area (Å²) in [5, 5.41) is 2.85. The topological polar surface area (TPSA) is 72.2 Å². The minimum atomic E-state index is -0.956. The molecule has 110 valence electrons. The highest BCUT2D eigenvalue weighted by molar-refractivity contribution is 6.11. The molecule has 0 saturated heterocycles.